The second-order valence-corrected chi connectivity index (χ2v) is 33.4. The van der Waals surface area contributed by atoms with Crippen molar-refractivity contribution < 1.29 is 0 Å². The molecular formula is C118H80. The summed E-state index contributed by atoms with van der Waals surface area (Å²) in [6, 6.07) is 153. The van der Waals surface area contributed by atoms with E-state index in [9.17, 15) is 0 Å². The van der Waals surface area contributed by atoms with Gasteiger partial charge in [0.05, 0.1) is 0 Å². The summed E-state index contributed by atoms with van der Waals surface area (Å²) in [5.41, 5.74) is 30.9. The van der Waals surface area contributed by atoms with Gasteiger partial charge in [0.25, 0.3) is 0 Å². The largest absolute Gasteiger partial charge is 0.0616 e. The van der Waals surface area contributed by atoms with Crippen LogP contribution in [-0.4, -0.2) is 0 Å². The second kappa shape index (κ2) is 27.0. The van der Waals surface area contributed by atoms with Crippen molar-refractivity contribution in [2.24, 2.45) is 0 Å². The SMILES string of the molecule is CC1(C)c2cccc(-c3ccc(-c4c5ccccc5c(-c5cccc(-c6cccc7ccccc67)c5)c5ccccc45)cc3)c2-c2c1c1ccccc1c1ccccc21.CC1(C)c2cccc(-c3ccc(-c4c5ccccc5c(-c5ccccc5-c5ccc6ccccc6c5)c5ccccc45)cc3)c2-c2c1c1ccccc1c1ccccc21. The fraction of sp³-hybridized carbons (Fsp3) is 0.0508. The van der Waals surface area contributed by atoms with Crippen LogP contribution in [0.3, 0.4) is 0 Å². The third-order valence-corrected chi connectivity index (χ3v) is 26.4. The van der Waals surface area contributed by atoms with Crippen molar-refractivity contribution in [1.29, 1.82) is 0 Å². The molecule has 0 amide bonds. The van der Waals surface area contributed by atoms with Gasteiger partial charge < -0.3 is 0 Å². The van der Waals surface area contributed by atoms with Crippen molar-refractivity contribution >= 4 is 108 Å². The summed E-state index contributed by atoms with van der Waals surface area (Å²) in [7, 11) is 0. The zero-order valence-electron chi connectivity index (χ0n) is 66.3. The molecule has 0 spiro atoms. The molecule has 0 aromatic heterocycles. The first kappa shape index (κ1) is 69.0. The Morgan fingerprint density at radius 1 is 0.136 bits per heavy atom. The Kier molecular flexibility index (Phi) is 15.8. The molecule has 0 bridgehead atoms. The Labute approximate surface area is 687 Å². The number of rotatable bonds is 8. The van der Waals surface area contributed by atoms with Crippen LogP contribution in [0.2, 0.25) is 0 Å². The van der Waals surface area contributed by atoms with E-state index >= 15 is 0 Å². The van der Waals surface area contributed by atoms with Gasteiger partial charge in [-0.15, -0.1) is 0 Å². The van der Waals surface area contributed by atoms with Crippen LogP contribution in [0.5, 0.6) is 0 Å². The van der Waals surface area contributed by atoms with Gasteiger partial charge in [-0.2, -0.15) is 0 Å². The highest BCUT2D eigenvalue weighted by Crippen LogP contribution is 2.60. The fourth-order valence-corrected chi connectivity index (χ4v) is 21.3. The van der Waals surface area contributed by atoms with Gasteiger partial charge in [0.15, 0.2) is 0 Å². The van der Waals surface area contributed by atoms with E-state index in [1.54, 1.807) is 0 Å². The molecule has 0 fully saturated rings. The van der Waals surface area contributed by atoms with Gasteiger partial charge in [-0.1, -0.05) is 428 Å². The molecular weight excluding hydrogens is 1420 g/mol. The van der Waals surface area contributed by atoms with Gasteiger partial charge >= 0.3 is 0 Å². The van der Waals surface area contributed by atoms with Gasteiger partial charge in [0.1, 0.15) is 0 Å². The molecule has 0 aliphatic heterocycles. The van der Waals surface area contributed by atoms with Crippen LogP contribution in [0, 0.1) is 0 Å². The van der Waals surface area contributed by atoms with E-state index < -0.39 is 0 Å². The third-order valence-electron chi connectivity index (χ3n) is 26.4. The molecule has 22 aromatic rings. The zero-order valence-corrected chi connectivity index (χ0v) is 66.3. The van der Waals surface area contributed by atoms with Crippen LogP contribution in [0.4, 0.5) is 0 Å². The van der Waals surface area contributed by atoms with Crippen molar-refractivity contribution in [2.75, 3.05) is 0 Å². The molecule has 24 rings (SSSR count). The smallest absolute Gasteiger partial charge is 0.0165 e. The maximum Gasteiger partial charge on any atom is 0.0165 e. The Bertz CT molecular complexity index is 7840. The van der Waals surface area contributed by atoms with Gasteiger partial charge in [-0.05, 0) is 253 Å². The maximum atomic E-state index is 2.41. The summed E-state index contributed by atoms with van der Waals surface area (Å²) in [5, 5.41) is 25.8. The lowest BCUT2D eigenvalue weighted by Gasteiger charge is -2.24. The summed E-state index contributed by atoms with van der Waals surface area (Å²) < 4.78 is 0. The predicted molar refractivity (Wildman–Crippen MR) is 507 cm³/mol. The molecule has 0 unspecified atom stereocenters. The zero-order chi connectivity index (χ0) is 78.5. The van der Waals surface area contributed by atoms with Gasteiger partial charge in [-0.25, -0.2) is 0 Å². The van der Waals surface area contributed by atoms with Crippen LogP contribution < -0.4 is 0 Å². The molecule has 0 heteroatoms. The van der Waals surface area contributed by atoms with Gasteiger partial charge in [0, 0.05) is 10.8 Å². The average molecular weight is 1500 g/mol. The number of hydrogen-bond donors (Lipinski definition) is 0. The molecule has 0 atom stereocenters. The highest BCUT2D eigenvalue weighted by molar-refractivity contribution is 6.26. The van der Waals surface area contributed by atoms with Crippen molar-refractivity contribution in [3.8, 4) is 111 Å². The quantitative estimate of drug-likeness (QED) is 0.105. The highest BCUT2D eigenvalue weighted by atomic mass is 14.4. The van der Waals surface area contributed by atoms with Crippen molar-refractivity contribution in [1.82, 2.24) is 0 Å². The van der Waals surface area contributed by atoms with E-state index in [1.807, 2.05) is 0 Å². The van der Waals surface area contributed by atoms with Crippen LogP contribution in [0.25, 0.3) is 219 Å². The Morgan fingerprint density at radius 3 is 0.873 bits per heavy atom. The monoisotopic (exact) mass is 1500 g/mol. The number of hydrogen-bond acceptors (Lipinski definition) is 0. The average Bonchev–Trinajstić information content (AvgIpc) is 1.54. The minimum absolute atomic E-state index is 0.141. The van der Waals surface area contributed by atoms with E-state index in [0.29, 0.717) is 0 Å². The molecule has 0 saturated carbocycles. The molecule has 2 aliphatic rings. The molecule has 2 aliphatic carbocycles. The first-order valence-corrected chi connectivity index (χ1v) is 41.5. The normalized spacial score (nSPS) is 13.1. The first-order chi connectivity index (χ1) is 58.1. The highest BCUT2D eigenvalue weighted by Gasteiger charge is 2.42. The second-order valence-electron chi connectivity index (χ2n) is 33.4. The molecule has 0 N–H and O–H groups in total. The summed E-state index contributed by atoms with van der Waals surface area (Å²) >= 11 is 0. The molecule has 0 saturated heterocycles. The molecule has 552 valence electrons. The van der Waals surface area contributed by atoms with Crippen molar-refractivity contribution in [2.45, 2.75) is 38.5 Å². The standard InChI is InChI=1S/2C59H40/c1-59(2)53-29-15-28-43(56(53)57-47-22-9-6-19-44(47)45-20-7-14-27-52(45)58(57)59)38-31-33-39(34-32-38)54-48-23-10-12-25-50(48)55(51-26-13-11-24-49(51)54)46-21-8-5-18-42(46)41-35-30-37-16-3-4-17-40(37)36-41;1-59(2)53-31-15-30-44(56(53)57-47-23-7-5-21-45(47)46-22-6-12-28-52(46)58(57)59)38-32-34-39(35-33-38)54-48-24-8-10-26-50(48)55(51-27-11-9-25-49(51)54)41-19-13-18-40(36-41)43-29-14-17-37-16-3-4-20-42(37)43/h2*3-36H,1-2H3. The molecule has 0 heterocycles. The lowest BCUT2D eigenvalue weighted by molar-refractivity contribution is 0.666. The molecule has 0 radical (unpaired) electrons. The number of fused-ring (bicyclic) bond motifs is 22. The van der Waals surface area contributed by atoms with E-state index in [1.165, 1.54) is 241 Å². The lowest BCUT2D eigenvalue weighted by atomic mass is 9.79. The minimum Gasteiger partial charge on any atom is -0.0616 e. The number of benzene rings is 22. The van der Waals surface area contributed by atoms with Crippen LogP contribution in [0.1, 0.15) is 49.9 Å². The minimum atomic E-state index is -0.142. The lowest BCUT2D eigenvalue weighted by Crippen LogP contribution is -2.15. The fourth-order valence-electron chi connectivity index (χ4n) is 21.3. The van der Waals surface area contributed by atoms with Crippen LogP contribution in [-0.2, 0) is 10.8 Å². The Hall–Kier alpha value is -14.6. The first-order valence-electron chi connectivity index (χ1n) is 41.5. The van der Waals surface area contributed by atoms with Crippen LogP contribution in [0.15, 0.2) is 413 Å². The van der Waals surface area contributed by atoms with E-state index in [0.717, 1.165) is 0 Å². The van der Waals surface area contributed by atoms with Gasteiger partial charge in [-0.3, -0.25) is 0 Å². The maximum absolute atomic E-state index is 2.41. The summed E-state index contributed by atoms with van der Waals surface area (Å²) in [5.74, 6) is 0. The van der Waals surface area contributed by atoms with Crippen molar-refractivity contribution in [3.05, 3.63) is 435 Å². The van der Waals surface area contributed by atoms with Crippen molar-refractivity contribution in [3.63, 3.8) is 0 Å². The predicted octanol–water partition coefficient (Wildman–Crippen LogP) is 32.9. The van der Waals surface area contributed by atoms with Crippen LogP contribution >= 0.6 is 0 Å². The third kappa shape index (κ3) is 10.6. The summed E-state index contributed by atoms with van der Waals surface area (Å²) in [6.45, 7) is 9.63. The molecule has 118 heavy (non-hydrogen) atoms. The summed E-state index contributed by atoms with van der Waals surface area (Å²) in [6.07, 6.45) is 0. The summed E-state index contributed by atoms with van der Waals surface area (Å²) in [4.78, 5) is 0. The topological polar surface area (TPSA) is 0 Å². The Balaban J connectivity index is 0.000000138. The molecule has 22 aromatic carbocycles. The van der Waals surface area contributed by atoms with Gasteiger partial charge in [0.2, 0.25) is 0 Å². The van der Waals surface area contributed by atoms with E-state index in [-0.39, 0.29) is 10.8 Å². The Morgan fingerprint density at radius 2 is 0.415 bits per heavy atom. The molecule has 0 nitrogen and oxygen atoms in total. The van der Waals surface area contributed by atoms with E-state index in [4.69, 9.17) is 0 Å². The van der Waals surface area contributed by atoms with E-state index in [2.05, 4.69) is 440 Å².